The molecular weight excluding hydrogens is 238 g/mol. The summed E-state index contributed by atoms with van der Waals surface area (Å²) >= 11 is 0. The van der Waals surface area contributed by atoms with E-state index < -0.39 is 16.1 Å². The monoisotopic (exact) mass is 255 g/mol. The average molecular weight is 255 g/mol. The van der Waals surface area contributed by atoms with Crippen LogP contribution in [0.25, 0.3) is 0 Å². The summed E-state index contributed by atoms with van der Waals surface area (Å²) in [5.41, 5.74) is 1.03. The standard InChI is InChI=1S/C12H17NO3S/c1-9-3-5-11(6-4-9)17(15,16)13-7-10(2)12(14)8-13/h3-6,10,12,14H,7-8H2,1-2H3/t10-,12-/m1/s1. The summed E-state index contributed by atoms with van der Waals surface area (Å²) in [6.07, 6.45) is -0.560. The second-order valence-electron chi connectivity index (χ2n) is 4.68. The maximum Gasteiger partial charge on any atom is 0.243 e. The largest absolute Gasteiger partial charge is 0.391 e. The molecule has 2 rings (SSSR count). The fourth-order valence-corrected chi connectivity index (χ4v) is 3.52. The van der Waals surface area contributed by atoms with Gasteiger partial charge in [0, 0.05) is 13.1 Å². The van der Waals surface area contributed by atoms with Crippen molar-refractivity contribution in [3.8, 4) is 0 Å². The molecule has 0 aliphatic carbocycles. The number of aliphatic hydroxyl groups is 1. The van der Waals surface area contributed by atoms with Crippen molar-refractivity contribution in [2.24, 2.45) is 5.92 Å². The highest BCUT2D eigenvalue weighted by Gasteiger charge is 2.35. The summed E-state index contributed by atoms with van der Waals surface area (Å²) in [6, 6.07) is 6.78. The van der Waals surface area contributed by atoms with Gasteiger partial charge in [-0.1, -0.05) is 24.6 Å². The highest BCUT2D eigenvalue weighted by atomic mass is 32.2. The minimum atomic E-state index is -3.45. The highest BCUT2D eigenvalue weighted by Crippen LogP contribution is 2.24. The molecule has 2 atom stereocenters. The van der Waals surface area contributed by atoms with Crippen molar-refractivity contribution >= 4 is 10.0 Å². The van der Waals surface area contributed by atoms with Crippen LogP contribution in [-0.2, 0) is 10.0 Å². The van der Waals surface area contributed by atoms with E-state index in [1.165, 1.54) is 4.31 Å². The van der Waals surface area contributed by atoms with Crippen LogP contribution in [0.5, 0.6) is 0 Å². The Morgan fingerprint density at radius 1 is 1.24 bits per heavy atom. The van der Waals surface area contributed by atoms with Crippen LogP contribution in [0, 0.1) is 12.8 Å². The Bertz CT molecular complexity index is 485. The molecule has 1 aromatic carbocycles. The number of sulfonamides is 1. The van der Waals surface area contributed by atoms with Gasteiger partial charge in [0.1, 0.15) is 0 Å². The predicted molar refractivity (Wildman–Crippen MR) is 65.1 cm³/mol. The third-order valence-corrected chi connectivity index (χ3v) is 5.04. The molecule has 1 fully saturated rings. The maximum atomic E-state index is 12.3. The Kier molecular flexibility index (Phi) is 3.25. The molecule has 1 aliphatic rings. The fourth-order valence-electron chi connectivity index (χ4n) is 1.96. The van der Waals surface area contributed by atoms with E-state index in [0.717, 1.165) is 5.56 Å². The minimum absolute atomic E-state index is 0.00442. The van der Waals surface area contributed by atoms with Crippen LogP contribution in [0.2, 0.25) is 0 Å². The molecule has 1 heterocycles. The smallest absolute Gasteiger partial charge is 0.243 e. The van der Waals surface area contributed by atoms with Crippen molar-refractivity contribution in [1.29, 1.82) is 0 Å². The molecule has 0 saturated carbocycles. The first-order valence-corrected chi connectivity index (χ1v) is 7.10. The number of β-amino-alcohol motifs (C(OH)–C–C–N with tert-alkyl or cyclic N) is 1. The first kappa shape index (κ1) is 12.5. The van der Waals surface area contributed by atoms with Gasteiger partial charge < -0.3 is 5.11 Å². The Morgan fingerprint density at radius 2 is 1.82 bits per heavy atom. The molecule has 4 nitrogen and oxygen atoms in total. The molecular formula is C12H17NO3S. The first-order valence-electron chi connectivity index (χ1n) is 5.66. The van der Waals surface area contributed by atoms with Crippen molar-refractivity contribution < 1.29 is 13.5 Å². The van der Waals surface area contributed by atoms with E-state index >= 15 is 0 Å². The fraction of sp³-hybridized carbons (Fsp3) is 0.500. The van der Waals surface area contributed by atoms with Gasteiger partial charge in [-0.3, -0.25) is 0 Å². The quantitative estimate of drug-likeness (QED) is 0.857. The second-order valence-corrected chi connectivity index (χ2v) is 6.62. The molecule has 0 bridgehead atoms. The van der Waals surface area contributed by atoms with Crippen LogP contribution in [0.3, 0.4) is 0 Å². The number of nitrogens with zero attached hydrogens (tertiary/aromatic N) is 1. The molecule has 5 heteroatoms. The van der Waals surface area contributed by atoms with Crippen LogP contribution < -0.4 is 0 Å². The van der Waals surface area contributed by atoms with Crippen molar-refractivity contribution in [3.05, 3.63) is 29.8 Å². The van der Waals surface area contributed by atoms with Crippen LogP contribution in [0.1, 0.15) is 12.5 Å². The second kappa shape index (κ2) is 4.40. The molecule has 0 spiro atoms. The molecule has 17 heavy (non-hydrogen) atoms. The Labute approximate surface area is 102 Å². The summed E-state index contributed by atoms with van der Waals surface area (Å²) in [5.74, 6) is -0.00442. The van der Waals surface area contributed by atoms with Crippen LogP contribution >= 0.6 is 0 Å². The van der Waals surface area contributed by atoms with Gasteiger partial charge in [-0.05, 0) is 25.0 Å². The number of hydrogen-bond donors (Lipinski definition) is 1. The van der Waals surface area contributed by atoms with Gasteiger partial charge in [0.25, 0.3) is 0 Å². The van der Waals surface area contributed by atoms with Gasteiger partial charge in [0.15, 0.2) is 0 Å². The lowest BCUT2D eigenvalue weighted by molar-refractivity contribution is 0.153. The summed E-state index contributed by atoms with van der Waals surface area (Å²) < 4.78 is 25.9. The van der Waals surface area contributed by atoms with Gasteiger partial charge >= 0.3 is 0 Å². The van der Waals surface area contributed by atoms with Gasteiger partial charge in [-0.2, -0.15) is 4.31 Å². The van der Waals surface area contributed by atoms with E-state index in [2.05, 4.69) is 0 Å². The lowest BCUT2D eigenvalue weighted by Gasteiger charge is -2.15. The number of hydrogen-bond acceptors (Lipinski definition) is 3. The lowest BCUT2D eigenvalue weighted by Crippen LogP contribution is -2.29. The van der Waals surface area contributed by atoms with Crippen molar-refractivity contribution in [1.82, 2.24) is 4.31 Å². The third kappa shape index (κ3) is 2.36. The van der Waals surface area contributed by atoms with Gasteiger partial charge in [0.05, 0.1) is 11.0 Å². The number of aliphatic hydroxyl groups excluding tert-OH is 1. The molecule has 94 valence electrons. The van der Waals surface area contributed by atoms with E-state index in [1.54, 1.807) is 24.3 Å². The van der Waals surface area contributed by atoms with E-state index in [4.69, 9.17) is 0 Å². The maximum absolute atomic E-state index is 12.3. The van der Waals surface area contributed by atoms with Crippen LogP contribution in [0.4, 0.5) is 0 Å². The SMILES string of the molecule is Cc1ccc(S(=O)(=O)N2C[C@@H](C)[C@H](O)C2)cc1. The van der Waals surface area contributed by atoms with Crippen molar-refractivity contribution in [3.63, 3.8) is 0 Å². The minimum Gasteiger partial charge on any atom is -0.391 e. The molecule has 1 saturated heterocycles. The normalized spacial score (nSPS) is 26.3. The first-order chi connectivity index (χ1) is 7.91. The average Bonchev–Trinajstić information content (AvgIpc) is 2.60. The number of rotatable bonds is 2. The molecule has 1 aliphatic heterocycles. The molecule has 0 amide bonds. The van der Waals surface area contributed by atoms with Gasteiger partial charge in [-0.15, -0.1) is 0 Å². The zero-order valence-corrected chi connectivity index (χ0v) is 10.8. The molecule has 1 N–H and O–H groups in total. The number of aryl methyl sites for hydroxylation is 1. The Morgan fingerprint density at radius 3 is 2.29 bits per heavy atom. The van der Waals surface area contributed by atoms with Gasteiger partial charge in [-0.25, -0.2) is 8.42 Å². The summed E-state index contributed by atoms with van der Waals surface area (Å²) in [4.78, 5) is 0.296. The zero-order valence-electron chi connectivity index (χ0n) is 10.00. The predicted octanol–water partition coefficient (Wildman–Crippen LogP) is 0.996. The zero-order chi connectivity index (χ0) is 12.6. The van der Waals surface area contributed by atoms with Gasteiger partial charge in [0.2, 0.25) is 10.0 Å². The lowest BCUT2D eigenvalue weighted by atomic mass is 10.1. The molecule has 1 aromatic rings. The van der Waals surface area contributed by atoms with E-state index in [1.807, 2.05) is 13.8 Å². The highest BCUT2D eigenvalue weighted by molar-refractivity contribution is 7.89. The topological polar surface area (TPSA) is 57.6 Å². The third-order valence-electron chi connectivity index (χ3n) is 3.20. The van der Waals surface area contributed by atoms with Crippen LogP contribution in [-0.4, -0.2) is 37.0 Å². The molecule has 0 unspecified atom stereocenters. The summed E-state index contributed by atoms with van der Waals surface area (Å²) in [6.45, 7) is 4.35. The van der Waals surface area contributed by atoms with E-state index in [-0.39, 0.29) is 12.5 Å². The Balaban J connectivity index is 2.28. The Hall–Kier alpha value is -0.910. The van der Waals surface area contributed by atoms with E-state index in [0.29, 0.717) is 11.4 Å². The summed E-state index contributed by atoms with van der Waals surface area (Å²) in [5, 5.41) is 9.62. The summed E-state index contributed by atoms with van der Waals surface area (Å²) in [7, 11) is -3.45. The van der Waals surface area contributed by atoms with Crippen LogP contribution in [0.15, 0.2) is 29.2 Å². The molecule has 0 radical (unpaired) electrons. The van der Waals surface area contributed by atoms with E-state index in [9.17, 15) is 13.5 Å². The van der Waals surface area contributed by atoms with Crippen molar-refractivity contribution in [2.45, 2.75) is 24.8 Å². The van der Waals surface area contributed by atoms with Crippen molar-refractivity contribution in [2.75, 3.05) is 13.1 Å². The number of benzene rings is 1. The molecule has 0 aromatic heterocycles.